The van der Waals surface area contributed by atoms with Crippen LogP contribution < -0.4 is 15.4 Å². The van der Waals surface area contributed by atoms with E-state index in [-0.39, 0.29) is 0 Å². The van der Waals surface area contributed by atoms with Crippen LogP contribution in [0, 0.1) is 5.92 Å². The SMILES string of the molecule is CC(C)CNc1nccc(NCc2ccc(-c3cccc(OCc4ccccc4)c3)s2)n1. The van der Waals surface area contributed by atoms with Gasteiger partial charge in [-0.1, -0.05) is 56.3 Å². The van der Waals surface area contributed by atoms with Gasteiger partial charge in [-0.3, -0.25) is 0 Å². The molecule has 164 valence electrons. The summed E-state index contributed by atoms with van der Waals surface area (Å²) in [6.07, 6.45) is 1.78. The first-order valence-electron chi connectivity index (χ1n) is 10.8. The van der Waals surface area contributed by atoms with Crippen LogP contribution >= 0.6 is 11.3 Å². The van der Waals surface area contributed by atoms with E-state index in [1.165, 1.54) is 9.75 Å². The van der Waals surface area contributed by atoms with Crippen molar-refractivity contribution in [3.8, 4) is 16.2 Å². The molecule has 0 saturated heterocycles. The van der Waals surface area contributed by atoms with Crippen LogP contribution in [0.5, 0.6) is 5.75 Å². The van der Waals surface area contributed by atoms with Crippen LogP contribution in [0.4, 0.5) is 11.8 Å². The van der Waals surface area contributed by atoms with Crippen LogP contribution in [0.1, 0.15) is 24.3 Å². The van der Waals surface area contributed by atoms with Crippen LogP contribution in [0.2, 0.25) is 0 Å². The summed E-state index contributed by atoms with van der Waals surface area (Å²) < 4.78 is 5.98. The molecule has 0 unspecified atom stereocenters. The van der Waals surface area contributed by atoms with E-state index >= 15 is 0 Å². The standard InChI is InChI=1S/C26H28N4OS/c1-19(2)16-29-26-27-14-13-25(30-26)28-17-23-11-12-24(32-23)21-9-6-10-22(15-21)31-18-20-7-4-3-5-8-20/h3-15,19H,16-18H2,1-2H3,(H2,27,28,29,30). The first kappa shape index (κ1) is 21.8. The molecule has 0 fully saturated rings. The number of hydrogen-bond acceptors (Lipinski definition) is 6. The predicted molar refractivity (Wildman–Crippen MR) is 133 cm³/mol. The maximum absolute atomic E-state index is 5.98. The highest BCUT2D eigenvalue weighted by atomic mass is 32.1. The largest absolute Gasteiger partial charge is 0.489 e. The second-order valence-electron chi connectivity index (χ2n) is 7.96. The van der Waals surface area contributed by atoms with E-state index in [9.17, 15) is 0 Å². The van der Waals surface area contributed by atoms with E-state index < -0.39 is 0 Å². The molecule has 4 rings (SSSR count). The molecule has 6 heteroatoms. The third-order valence-corrected chi connectivity index (χ3v) is 5.93. The molecule has 0 radical (unpaired) electrons. The smallest absolute Gasteiger partial charge is 0.224 e. The molecule has 0 aliphatic rings. The van der Waals surface area contributed by atoms with Crippen LogP contribution in [-0.2, 0) is 13.2 Å². The summed E-state index contributed by atoms with van der Waals surface area (Å²) in [5.41, 5.74) is 2.32. The Hall–Kier alpha value is -3.38. The Morgan fingerprint density at radius 3 is 2.66 bits per heavy atom. The topological polar surface area (TPSA) is 59.1 Å². The van der Waals surface area contributed by atoms with Gasteiger partial charge in [-0.2, -0.15) is 4.98 Å². The van der Waals surface area contributed by atoms with Gasteiger partial charge in [0.2, 0.25) is 5.95 Å². The number of aromatic nitrogens is 2. The highest BCUT2D eigenvalue weighted by Gasteiger charge is 2.06. The fourth-order valence-corrected chi connectivity index (χ4v) is 4.07. The van der Waals surface area contributed by atoms with Crippen molar-refractivity contribution in [2.75, 3.05) is 17.2 Å². The third kappa shape index (κ3) is 6.31. The lowest BCUT2D eigenvalue weighted by atomic mass is 10.2. The van der Waals surface area contributed by atoms with Crippen molar-refractivity contribution in [2.45, 2.75) is 27.0 Å². The van der Waals surface area contributed by atoms with E-state index in [4.69, 9.17) is 4.74 Å². The molecular weight excluding hydrogens is 416 g/mol. The molecule has 2 N–H and O–H groups in total. The molecule has 0 atom stereocenters. The summed E-state index contributed by atoms with van der Waals surface area (Å²) in [5, 5.41) is 6.66. The second kappa shape index (κ2) is 10.8. The minimum Gasteiger partial charge on any atom is -0.489 e. The number of nitrogens with one attached hydrogen (secondary N) is 2. The molecule has 4 aromatic rings. The maximum Gasteiger partial charge on any atom is 0.224 e. The number of thiophene rings is 1. The number of rotatable bonds is 10. The Labute approximate surface area is 193 Å². The van der Waals surface area contributed by atoms with E-state index in [1.54, 1.807) is 17.5 Å². The molecule has 0 bridgehead atoms. The molecule has 5 nitrogen and oxygen atoms in total. The predicted octanol–water partition coefficient (Wildman–Crippen LogP) is 6.46. The van der Waals surface area contributed by atoms with Gasteiger partial charge in [-0.15, -0.1) is 11.3 Å². The van der Waals surface area contributed by atoms with Gasteiger partial charge in [0, 0.05) is 22.5 Å². The van der Waals surface area contributed by atoms with Crippen LogP contribution in [0.15, 0.2) is 79.0 Å². The molecule has 0 spiro atoms. The van der Waals surface area contributed by atoms with Gasteiger partial charge < -0.3 is 15.4 Å². The minimum atomic E-state index is 0.544. The Kier molecular flexibility index (Phi) is 7.35. The average molecular weight is 445 g/mol. The summed E-state index contributed by atoms with van der Waals surface area (Å²) in [5.74, 6) is 2.89. The fraction of sp³-hybridized carbons (Fsp3) is 0.231. The molecular formula is C26H28N4OS. The van der Waals surface area contributed by atoms with E-state index in [0.29, 0.717) is 18.5 Å². The molecule has 0 aliphatic heterocycles. The first-order valence-corrected chi connectivity index (χ1v) is 11.6. The molecule has 2 heterocycles. The Morgan fingerprint density at radius 2 is 1.81 bits per heavy atom. The third-order valence-electron chi connectivity index (χ3n) is 4.80. The lowest BCUT2D eigenvalue weighted by Gasteiger charge is -2.09. The summed E-state index contributed by atoms with van der Waals surface area (Å²) in [7, 11) is 0. The molecule has 0 aliphatic carbocycles. The van der Waals surface area contributed by atoms with Gasteiger partial charge in [-0.25, -0.2) is 4.98 Å². The molecule has 2 aromatic heterocycles. The summed E-state index contributed by atoms with van der Waals surface area (Å²) in [6.45, 7) is 6.46. The van der Waals surface area contributed by atoms with Crippen LogP contribution in [0.3, 0.4) is 0 Å². The highest BCUT2D eigenvalue weighted by molar-refractivity contribution is 7.15. The van der Waals surface area contributed by atoms with Crippen molar-refractivity contribution in [3.63, 3.8) is 0 Å². The minimum absolute atomic E-state index is 0.544. The zero-order chi connectivity index (χ0) is 22.2. The quantitative estimate of drug-likeness (QED) is 0.294. The average Bonchev–Trinajstić information content (AvgIpc) is 3.30. The number of hydrogen-bond donors (Lipinski definition) is 2. The fourth-order valence-electron chi connectivity index (χ4n) is 3.12. The van der Waals surface area contributed by atoms with Crippen molar-refractivity contribution in [1.82, 2.24) is 9.97 Å². The lowest BCUT2D eigenvalue weighted by molar-refractivity contribution is 0.306. The molecule has 2 aromatic carbocycles. The van der Waals surface area contributed by atoms with Gasteiger partial charge >= 0.3 is 0 Å². The first-order chi connectivity index (χ1) is 15.7. The van der Waals surface area contributed by atoms with Gasteiger partial charge in [-0.05, 0) is 47.4 Å². The summed E-state index contributed by atoms with van der Waals surface area (Å²) in [6, 6.07) is 24.7. The second-order valence-corrected chi connectivity index (χ2v) is 9.13. The van der Waals surface area contributed by atoms with Crippen molar-refractivity contribution >= 4 is 23.1 Å². The summed E-state index contributed by atoms with van der Waals surface area (Å²) in [4.78, 5) is 11.3. The molecule has 0 saturated carbocycles. The molecule has 0 amide bonds. The normalized spacial score (nSPS) is 10.8. The summed E-state index contributed by atoms with van der Waals surface area (Å²) >= 11 is 1.77. The van der Waals surface area contributed by atoms with Gasteiger partial charge in [0.25, 0.3) is 0 Å². The van der Waals surface area contributed by atoms with Crippen molar-refractivity contribution in [1.29, 1.82) is 0 Å². The van der Waals surface area contributed by atoms with Crippen LogP contribution in [0.25, 0.3) is 10.4 Å². The monoisotopic (exact) mass is 444 g/mol. The maximum atomic E-state index is 5.98. The van der Waals surface area contributed by atoms with E-state index in [1.807, 2.05) is 36.4 Å². The van der Waals surface area contributed by atoms with Gasteiger partial charge in [0.15, 0.2) is 0 Å². The number of anilines is 2. The van der Waals surface area contributed by atoms with Crippen molar-refractivity contribution in [3.05, 3.63) is 89.4 Å². The van der Waals surface area contributed by atoms with E-state index in [2.05, 4.69) is 70.8 Å². The Bertz CT molecular complexity index is 1130. The number of benzene rings is 2. The van der Waals surface area contributed by atoms with E-state index in [0.717, 1.165) is 35.8 Å². The van der Waals surface area contributed by atoms with Gasteiger partial charge in [0.1, 0.15) is 18.2 Å². The van der Waals surface area contributed by atoms with Crippen molar-refractivity contribution in [2.24, 2.45) is 5.92 Å². The number of nitrogens with zero attached hydrogens (tertiary/aromatic N) is 2. The lowest BCUT2D eigenvalue weighted by Crippen LogP contribution is -2.11. The number of ether oxygens (including phenoxy) is 1. The Balaban J connectivity index is 1.35. The van der Waals surface area contributed by atoms with Crippen LogP contribution in [-0.4, -0.2) is 16.5 Å². The van der Waals surface area contributed by atoms with Gasteiger partial charge in [0.05, 0.1) is 6.54 Å². The Morgan fingerprint density at radius 1 is 0.938 bits per heavy atom. The zero-order valence-corrected chi connectivity index (χ0v) is 19.2. The highest BCUT2D eigenvalue weighted by Crippen LogP contribution is 2.31. The zero-order valence-electron chi connectivity index (χ0n) is 18.4. The molecule has 32 heavy (non-hydrogen) atoms. The van der Waals surface area contributed by atoms with Crippen molar-refractivity contribution < 1.29 is 4.74 Å².